The average molecular weight is 695 g/mol. The molecule has 266 valence electrons. The highest BCUT2D eigenvalue weighted by Crippen LogP contribution is 2.38. The molecular weight excluding hydrogens is 652 g/mol. The van der Waals surface area contributed by atoms with Crippen molar-refractivity contribution in [2.24, 2.45) is 5.92 Å². The number of carbonyl (C=O) groups is 4. The Hall–Kier alpha value is -5.66. The summed E-state index contributed by atoms with van der Waals surface area (Å²) >= 11 is 0. The largest absolute Gasteiger partial charge is 0.465 e. The fourth-order valence-electron chi connectivity index (χ4n) is 7.60. The van der Waals surface area contributed by atoms with Gasteiger partial charge in [0.15, 0.2) is 0 Å². The molecule has 3 aliphatic rings. The number of carbonyl (C=O) groups excluding carboxylic acids is 3. The van der Waals surface area contributed by atoms with Crippen LogP contribution in [0, 0.1) is 5.92 Å². The molecule has 51 heavy (non-hydrogen) atoms. The number of nitrogens with one attached hydrogen (secondary N) is 3. The summed E-state index contributed by atoms with van der Waals surface area (Å²) in [5.74, 6) is 1.01. The van der Waals surface area contributed by atoms with Crippen LogP contribution in [0.2, 0.25) is 0 Å². The number of carboxylic acid groups (broad SMARTS) is 1. The van der Waals surface area contributed by atoms with E-state index >= 15 is 0 Å². The number of nitrogens with zero attached hydrogens (tertiary/aromatic N) is 5. The Labute approximate surface area is 295 Å². The smallest absolute Gasteiger partial charge is 0.407 e. The van der Waals surface area contributed by atoms with Crippen LogP contribution in [-0.2, 0) is 14.3 Å². The molecular formula is C37H42N8O6. The fourth-order valence-corrected chi connectivity index (χ4v) is 7.60. The van der Waals surface area contributed by atoms with Crippen molar-refractivity contribution in [1.29, 1.82) is 0 Å². The molecule has 2 aromatic heterocycles. The number of aromatic amines is 2. The van der Waals surface area contributed by atoms with E-state index in [2.05, 4.69) is 49.5 Å². The van der Waals surface area contributed by atoms with Crippen LogP contribution in [0.4, 0.5) is 9.59 Å². The molecule has 14 nitrogen and oxygen atoms in total. The number of fused-ring (bicyclic) bond motifs is 1. The van der Waals surface area contributed by atoms with Gasteiger partial charge in [0.25, 0.3) is 0 Å². The summed E-state index contributed by atoms with van der Waals surface area (Å²) in [6.45, 7) is 4.59. The second kappa shape index (κ2) is 13.9. The van der Waals surface area contributed by atoms with E-state index in [4.69, 9.17) is 4.74 Å². The van der Waals surface area contributed by atoms with Gasteiger partial charge in [-0.25, -0.2) is 19.6 Å². The number of H-pyrrole nitrogens is 2. The van der Waals surface area contributed by atoms with Gasteiger partial charge in [0.2, 0.25) is 11.8 Å². The van der Waals surface area contributed by atoms with Gasteiger partial charge < -0.3 is 34.9 Å². The van der Waals surface area contributed by atoms with Crippen molar-refractivity contribution in [3.05, 3.63) is 72.6 Å². The Kier molecular flexibility index (Phi) is 9.23. The monoisotopic (exact) mass is 694 g/mol. The first-order chi connectivity index (χ1) is 24.6. The van der Waals surface area contributed by atoms with Gasteiger partial charge >= 0.3 is 12.2 Å². The molecule has 4 unspecified atom stereocenters. The summed E-state index contributed by atoms with van der Waals surface area (Å²) < 4.78 is 4.74. The maximum Gasteiger partial charge on any atom is 0.407 e. The number of likely N-dealkylation sites (tertiary alicyclic amines) is 1. The van der Waals surface area contributed by atoms with Crippen molar-refractivity contribution < 1.29 is 29.0 Å². The maximum atomic E-state index is 13.5. The van der Waals surface area contributed by atoms with E-state index in [1.54, 1.807) is 22.2 Å². The van der Waals surface area contributed by atoms with Crippen LogP contribution < -0.4 is 5.32 Å². The zero-order valence-electron chi connectivity index (χ0n) is 28.8. The predicted octanol–water partition coefficient (Wildman–Crippen LogP) is 5.20. The molecule has 5 heterocycles. The Morgan fingerprint density at radius 1 is 0.863 bits per heavy atom. The highest BCUT2D eigenvalue weighted by Gasteiger charge is 2.44. The summed E-state index contributed by atoms with van der Waals surface area (Å²) in [5, 5.41) is 12.0. The van der Waals surface area contributed by atoms with Crippen LogP contribution in [-0.4, -0.2) is 103 Å². The topological polar surface area (TPSA) is 177 Å². The lowest BCUT2D eigenvalue weighted by atomic mass is 10.0. The van der Waals surface area contributed by atoms with Gasteiger partial charge in [-0.3, -0.25) is 14.5 Å². The van der Waals surface area contributed by atoms with Gasteiger partial charge in [0.1, 0.15) is 24.2 Å². The number of methoxy groups -OCH3 is 1. The quantitative estimate of drug-likeness (QED) is 0.194. The second-order valence-electron chi connectivity index (χ2n) is 13.8. The molecule has 4 aromatic rings. The molecule has 3 saturated heterocycles. The number of imidazole rings is 2. The van der Waals surface area contributed by atoms with E-state index in [1.807, 2.05) is 38.1 Å². The summed E-state index contributed by atoms with van der Waals surface area (Å²) in [5.41, 5.74) is 5.75. The standard InChI is InChI=1S/C37H42N8O6/c1-21(2)32(42-36(48)51-3)35(47)44-16-4-5-29(44)33-38-17-27(40-33)24-10-6-22(7-11-24)23-8-12-25(13-9-23)28-18-39-34(41-28)30-15-14-26-19-43(37(49)50)20-31(46)45(26)30/h6-13,17-18,21,26,29-30,32H,4-5,14-16,19-20H2,1-3H3,(H,38,40)(H,39,41)(H,42,48)(H,49,50). The SMILES string of the molecule is COC(=O)NC(C(=O)N1CCCC1c1ncc(-c2ccc(-c3ccc(-c4cnc(C5CCC6CN(C(=O)O)CC(=O)N65)[nH]4)cc3)cc2)[nH]1)C(C)C. The number of piperazine rings is 1. The first-order valence-electron chi connectivity index (χ1n) is 17.4. The lowest BCUT2D eigenvalue weighted by Gasteiger charge is -2.38. The molecule has 0 radical (unpaired) electrons. The molecule has 3 aliphatic heterocycles. The fraction of sp³-hybridized carbons (Fsp3) is 0.405. The Morgan fingerprint density at radius 2 is 1.43 bits per heavy atom. The van der Waals surface area contributed by atoms with Crippen molar-refractivity contribution >= 4 is 24.0 Å². The van der Waals surface area contributed by atoms with Gasteiger partial charge in [0, 0.05) is 13.1 Å². The first kappa shape index (κ1) is 33.8. The summed E-state index contributed by atoms with van der Waals surface area (Å²) in [6, 6.07) is 15.2. The predicted molar refractivity (Wildman–Crippen MR) is 187 cm³/mol. The number of hydrogen-bond acceptors (Lipinski definition) is 7. The average Bonchev–Trinajstić information content (AvgIpc) is 3.96. The number of alkyl carbamates (subject to hydrolysis) is 1. The van der Waals surface area contributed by atoms with Crippen LogP contribution in [0.15, 0.2) is 60.9 Å². The van der Waals surface area contributed by atoms with E-state index in [9.17, 15) is 24.3 Å². The van der Waals surface area contributed by atoms with Crippen LogP contribution in [0.1, 0.15) is 63.3 Å². The zero-order valence-corrected chi connectivity index (χ0v) is 28.8. The van der Waals surface area contributed by atoms with Crippen LogP contribution >= 0.6 is 0 Å². The Balaban J connectivity index is 1.00. The van der Waals surface area contributed by atoms with Crippen molar-refractivity contribution in [2.45, 2.75) is 63.7 Å². The number of aromatic nitrogens is 4. The number of hydrogen-bond donors (Lipinski definition) is 4. The third-order valence-electron chi connectivity index (χ3n) is 10.3. The number of amides is 4. The van der Waals surface area contributed by atoms with Crippen molar-refractivity contribution in [2.75, 3.05) is 26.7 Å². The van der Waals surface area contributed by atoms with Crippen molar-refractivity contribution in [3.63, 3.8) is 0 Å². The van der Waals surface area contributed by atoms with E-state index < -0.39 is 18.2 Å². The number of benzene rings is 2. The third-order valence-corrected chi connectivity index (χ3v) is 10.3. The normalized spacial score (nSPS) is 20.8. The molecule has 0 spiro atoms. The molecule has 4 amide bonds. The Morgan fingerprint density at radius 3 is 1.98 bits per heavy atom. The Bertz CT molecular complexity index is 1920. The lowest BCUT2D eigenvalue weighted by Crippen LogP contribution is -2.55. The molecule has 2 aromatic carbocycles. The summed E-state index contributed by atoms with van der Waals surface area (Å²) in [4.78, 5) is 70.6. The molecule has 7 rings (SSSR count). The molecule has 3 fully saturated rings. The second-order valence-corrected chi connectivity index (χ2v) is 13.8. The van der Waals surface area contributed by atoms with E-state index in [1.165, 1.54) is 12.0 Å². The summed E-state index contributed by atoms with van der Waals surface area (Å²) in [7, 11) is 1.29. The van der Waals surface area contributed by atoms with E-state index in [0.29, 0.717) is 18.9 Å². The third kappa shape index (κ3) is 6.65. The molecule has 0 bridgehead atoms. The van der Waals surface area contributed by atoms with Crippen molar-refractivity contribution in [3.8, 4) is 33.6 Å². The lowest BCUT2D eigenvalue weighted by molar-refractivity contribution is -0.139. The molecule has 14 heteroatoms. The zero-order chi connectivity index (χ0) is 35.8. The van der Waals surface area contributed by atoms with Crippen LogP contribution in [0.5, 0.6) is 0 Å². The van der Waals surface area contributed by atoms with Gasteiger partial charge in [-0.1, -0.05) is 62.4 Å². The molecule has 0 saturated carbocycles. The van der Waals surface area contributed by atoms with Crippen molar-refractivity contribution in [1.82, 2.24) is 40.0 Å². The van der Waals surface area contributed by atoms with Gasteiger partial charge in [0.05, 0.1) is 49.0 Å². The first-order valence-corrected chi connectivity index (χ1v) is 17.4. The minimum atomic E-state index is -1.06. The maximum absolute atomic E-state index is 13.5. The number of ether oxygens (including phenoxy) is 1. The van der Waals surface area contributed by atoms with Gasteiger partial charge in [-0.2, -0.15) is 0 Å². The highest BCUT2D eigenvalue weighted by atomic mass is 16.5. The summed E-state index contributed by atoms with van der Waals surface area (Å²) in [6.07, 6.45) is 4.99. The van der Waals surface area contributed by atoms with E-state index in [0.717, 1.165) is 65.1 Å². The molecule has 4 atom stereocenters. The van der Waals surface area contributed by atoms with Crippen LogP contribution in [0.3, 0.4) is 0 Å². The minimum Gasteiger partial charge on any atom is -0.465 e. The number of rotatable bonds is 8. The minimum absolute atomic E-state index is 0.104. The highest BCUT2D eigenvalue weighted by molar-refractivity contribution is 5.86. The molecule has 0 aliphatic carbocycles. The van der Waals surface area contributed by atoms with Gasteiger partial charge in [-0.15, -0.1) is 0 Å². The van der Waals surface area contributed by atoms with Gasteiger partial charge in [-0.05, 0) is 53.9 Å². The molecule has 4 N–H and O–H groups in total. The van der Waals surface area contributed by atoms with Crippen LogP contribution in [0.25, 0.3) is 33.6 Å². The van der Waals surface area contributed by atoms with E-state index in [-0.39, 0.29) is 42.4 Å².